The summed E-state index contributed by atoms with van der Waals surface area (Å²) in [5.74, 6) is -0.144. The van der Waals surface area contributed by atoms with E-state index in [0.717, 1.165) is 11.3 Å². The second-order valence-electron chi connectivity index (χ2n) is 7.91. The van der Waals surface area contributed by atoms with Gasteiger partial charge < -0.3 is 20.1 Å². The Kier molecular flexibility index (Phi) is 8.59. The number of rotatable bonds is 10. The summed E-state index contributed by atoms with van der Waals surface area (Å²) < 4.78 is 38.2. The van der Waals surface area contributed by atoms with Crippen molar-refractivity contribution in [1.29, 1.82) is 0 Å². The monoisotopic (exact) mass is 564 g/mol. The zero-order valence-corrected chi connectivity index (χ0v) is 22.5. The fourth-order valence-electron chi connectivity index (χ4n) is 3.42. The summed E-state index contributed by atoms with van der Waals surface area (Å²) in [5.41, 5.74) is 1.21. The van der Waals surface area contributed by atoms with E-state index in [9.17, 15) is 18.0 Å². The summed E-state index contributed by atoms with van der Waals surface area (Å²) in [4.78, 5) is 30.0. The minimum absolute atomic E-state index is 0.00540. The third-order valence-electron chi connectivity index (χ3n) is 5.32. The Labute approximate surface area is 229 Å². The van der Waals surface area contributed by atoms with Gasteiger partial charge in [-0.2, -0.15) is 0 Å². The summed E-state index contributed by atoms with van der Waals surface area (Å²) in [6.07, 6.45) is 2.99. The van der Waals surface area contributed by atoms with Crippen molar-refractivity contribution in [3.05, 3.63) is 101 Å². The van der Waals surface area contributed by atoms with Gasteiger partial charge in [0.05, 0.1) is 19.1 Å². The number of thiazole rings is 1. The van der Waals surface area contributed by atoms with Gasteiger partial charge in [0.25, 0.3) is 21.8 Å². The Morgan fingerprint density at radius 2 is 1.64 bits per heavy atom. The fraction of sp³-hybridized carbons (Fsp3) is 0.0741. The lowest BCUT2D eigenvalue weighted by molar-refractivity contribution is -0.113. The molecule has 0 fully saturated rings. The van der Waals surface area contributed by atoms with Gasteiger partial charge in [-0.1, -0.05) is 24.3 Å². The number of carbonyl (C=O) groups excluding carboxylic acids is 2. The SMILES string of the molecule is COc1ccc(/C=C(\NC(=O)c2ccccc2)C(=O)Nc2ccc(S(=O)(=O)Nc3nccs3)cc2)cc1OC. The Morgan fingerprint density at radius 3 is 2.28 bits per heavy atom. The average Bonchev–Trinajstić information content (AvgIpc) is 3.45. The zero-order valence-electron chi connectivity index (χ0n) is 20.9. The molecule has 0 spiro atoms. The first-order valence-corrected chi connectivity index (χ1v) is 13.8. The lowest BCUT2D eigenvalue weighted by Crippen LogP contribution is -2.30. The molecule has 3 aromatic carbocycles. The number of ether oxygens (including phenoxy) is 2. The van der Waals surface area contributed by atoms with Gasteiger partial charge in [-0.3, -0.25) is 14.3 Å². The van der Waals surface area contributed by atoms with E-state index in [0.29, 0.717) is 28.3 Å². The lowest BCUT2D eigenvalue weighted by Gasteiger charge is -2.13. The highest BCUT2D eigenvalue weighted by atomic mass is 32.2. The minimum Gasteiger partial charge on any atom is -0.493 e. The van der Waals surface area contributed by atoms with Crippen molar-refractivity contribution in [2.45, 2.75) is 4.90 Å². The second kappa shape index (κ2) is 12.2. The van der Waals surface area contributed by atoms with Crippen molar-refractivity contribution >= 4 is 50.1 Å². The van der Waals surface area contributed by atoms with Gasteiger partial charge in [0.15, 0.2) is 16.6 Å². The van der Waals surface area contributed by atoms with Gasteiger partial charge in [-0.05, 0) is 60.2 Å². The van der Waals surface area contributed by atoms with Crippen LogP contribution in [-0.4, -0.2) is 39.4 Å². The number of benzene rings is 3. The van der Waals surface area contributed by atoms with Crippen LogP contribution in [0.25, 0.3) is 6.08 Å². The normalized spacial score (nSPS) is 11.4. The highest BCUT2D eigenvalue weighted by Gasteiger charge is 2.18. The highest BCUT2D eigenvalue weighted by Crippen LogP contribution is 2.28. The van der Waals surface area contributed by atoms with Crippen molar-refractivity contribution in [2.24, 2.45) is 0 Å². The van der Waals surface area contributed by atoms with Gasteiger partial charge in [-0.25, -0.2) is 13.4 Å². The first kappa shape index (κ1) is 27.4. The van der Waals surface area contributed by atoms with Crippen LogP contribution in [0.5, 0.6) is 11.5 Å². The van der Waals surface area contributed by atoms with E-state index in [4.69, 9.17) is 9.47 Å². The number of amides is 2. The molecule has 0 aliphatic carbocycles. The van der Waals surface area contributed by atoms with Gasteiger partial charge >= 0.3 is 0 Å². The van der Waals surface area contributed by atoms with Crippen molar-refractivity contribution in [1.82, 2.24) is 10.3 Å². The smallest absolute Gasteiger partial charge is 0.272 e. The third-order valence-corrected chi connectivity index (χ3v) is 7.50. The van der Waals surface area contributed by atoms with Crippen molar-refractivity contribution < 1.29 is 27.5 Å². The van der Waals surface area contributed by atoms with Gasteiger partial charge in [0, 0.05) is 22.8 Å². The van der Waals surface area contributed by atoms with Crippen LogP contribution in [-0.2, 0) is 14.8 Å². The summed E-state index contributed by atoms with van der Waals surface area (Å²) in [6, 6.07) is 19.1. The maximum absolute atomic E-state index is 13.3. The Hall–Kier alpha value is -4.68. The molecule has 3 N–H and O–H groups in total. The second-order valence-corrected chi connectivity index (χ2v) is 10.5. The molecule has 4 rings (SSSR count). The molecule has 0 saturated heterocycles. The molecular formula is C27H24N4O6S2. The number of anilines is 2. The van der Waals surface area contributed by atoms with Crippen LogP contribution in [0.2, 0.25) is 0 Å². The van der Waals surface area contributed by atoms with Crippen LogP contribution in [0, 0.1) is 0 Å². The van der Waals surface area contributed by atoms with Crippen molar-refractivity contribution in [2.75, 3.05) is 24.3 Å². The Morgan fingerprint density at radius 1 is 0.923 bits per heavy atom. The van der Waals surface area contributed by atoms with Gasteiger partial charge in [-0.15, -0.1) is 11.3 Å². The molecule has 10 nitrogen and oxygen atoms in total. The topological polar surface area (TPSA) is 136 Å². The molecule has 1 heterocycles. The zero-order chi connectivity index (χ0) is 27.8. The van der Waals surface area contributed by atoms with Crippen LogP contribution in [0.3, 0.4) is 0 Å². The number of hydrogen-bond donors (Lipinski definition) is 3. The molecule has 39 heavy (non-hydrogen) atoms. The number of nitrogens with zero attached hydrogens (tertiary/aromatic N) is 1. The maximum atomic E-state index is 13.3. The molecule has 4 aromatic rings. The number of hydrogen-bond acceptors (Lipinski definition) is 8. The molecule has 0 atom stereocenters. The van der Waals surface area contributed by atoms with E-state index < -0.39 is 21.8 Å². The number of sulfonamides is 1. The molecule has 12 heteroatoms. The van der Waals surface area contributed by atoms with E-state index in [1.807, 2.05) is 0 Å². The first-order chi connectivity index (χ1) is 18.8. The van der Waals surface area contributed by atoms with Crippen LogP contribution in [0.4, 0.5) is 10.8 Å². The van der Waals surface area contributed by atoms with Crippen LogP contribution < -0.4 is 24.8 Å². The summed E-state index contributed by atoms with van der Waals surface area (Å²) in [5, 5.41) is 7.24. The molecule has 0 unspecified atom stereocenters. The van der Waals surface area contributed by atoms with Gasteiger partial charge in [0.1, 0.15) is 5.70 Å². The quantitative estimate of drug-likeness (QED) is 0.243. The summed E-state index contributed by atoms with van der Waals surface area (Å²) >= 11 is 1.15. The van der Waals surface area contributed by atoms with E-state index in [2.05, 4.69) is 20.3 Å². The number of carbonyl (C=O) groups is 2. The summed E-state index contributed by atoms with van der Waals surface area (Å²) in [6.45, 7) is 0. The minimum atomic E-state index is -3.85. The molecule has 200 valence electrons. The Balaban J connectivity index is 1.58. The number of aromatic nitrogens is 1. The largest absolute Gasteiger partial charge is 0.493 e. The van der Waals surface area contributed by atoms with Crippen LogP contribution in [0.15, 0.2) is 95.0 Å². The fourth-order valence-corrected chi connectivity index (χ4v) is 5.20. The predicted molar refractivity (Wildman–Crippen MR) is 149 cm³/mol. The van der Waals surface area contributed by atoms with E-state index in [1.165, 1.54) is 50.8 Å². The van der Waals surface area contributed by atoms with E-state index in [1.54, 1.807) is 53.9 Å². The standard InChI is InChI=1S/C27H24N4O6S2/c1-36-23-13-8-18(17-24(23)37-2)16-22(30-25(32)19-6-4-3-5-7-19)26(33)29-20-9-11-21(12-10-20)39(34,35)31-27-28-14-15-38-27/h3-17H,1-2H3,(H,28,31)(H,29,33)(H,30,32)/b22-16-. The highest BCUT2D eigenvalue weighted by molar-refractivity contribution is 7.93. The molecule has 0 aliphatic heterocycles. The molecule has 1 aromatic heterocycles. The van der Waals surface area contributed by atoms with Crippen molar-refractivity contribution in [3.8, 4) is 11.5 Å². The van der Waals surface area contributed by atoms with E-state index in [-0.39, 0.29) is 15.7 Å². The summed E-state index contributed by atoms with van der Waals surface area (Å²) in [7, 11) is -0.845. The molecular weight excluding hydrogens is 540 g/mol. The molecule has 2 amide bonds. The number of nitrogens with one attached hydrogen (secondary N) is 3. The van der Waals surface area contributed by atoms with Crippen LogP contribution >= 0.6 is 11.3 Å². The Bertz CT molecular complexity index is 1590. The first-order valence-electron chi connectivity index (χ1n) is 11.4. The lowest BCUT2D eigenvalue weighted by atomic mass is 10.1. The third kappa shape index (κ3) is 7.00. The van der Waals surface area contributed by atoms with Crippen LogP contribution in [0.1, 0.15) is 15.9 Å². The molecule has 0 saturated carbocycles. The average molecular weight is 565 g/mol. The predicted octanol–water partition coefficient (Wildman–Crippen LogP) is 4.37. The number of methoxy groups -OCH3 is 2. The van der Waals surface area contributed by atoms with Crippen molar-refractivity contribution in [3.63, 3.8) is 0 Å². The molecule has 0 aliphatic rings. The molecule has 0 radical (unpaired) electrons. The maximum Gasteiger partial charge on any atom is 0.272 e. The van der Waals surface area contributed by atoms with Gasteiger partial charge in [0.2, 0.25) is 0 Å². The molecule has 0 bridgehead atoms. The van der Waals surface area contributed by atoms with E-state index >= 15 is 0 Å².